The van der Waals surface area contributed by atoms with Crippen molar-refractivity contribution in [1.82, 2.24) is 0 Å². The molecule has 0 aliphatic heterocycles. The smallest absolute Gasteiger partial charge is 0.336 e. The highest BCUT2D eigenvalue weighted by Gasteiger charge is 2.21. The van der Waals surface area contributed by atoms with E-state index < -0.39 is 23.0 Å². The molecule has 3 rings (SSSR count). The Labute approximate surface area is 186 Å². The second kappa shape index (κ2) is 9.63. The SMILES string of the molecule is COc1ccccc1Oc1ccc(CS(=O)[O-])cc1-c1cc(C)c(C(=O)O)cc1C(=O)O. The zero-order chi connectivity index (χ0) is 23.4. The van der Waals surface area contributed by atoms with Crippen molar-refractivity contribution in [2.24, 2.45) is 0 Å². The highest BCUT2D eigenvalue weighted by Crippen LogP contribution is 2.40. The van der Waals surface area contributed by atoms with Gasteiger partial charge in [0.2, 0.25) is 0 Å². The summed E-state index contributed by atoms with van der Waals surface area (Å²) in [5.41, 5.74) is 0.865. The van der Waals surface area contributed by atoms with Crippen LogP contribution in [0.25, 0.3) is 11.1 Å². The fraction of sp³-hybridized carbons (Fsp3) is 0.130. The summed E-state index contributed by atoms with van der Waals surface area (Å²) in [7, 11) is 1.48. The summed E-state index contributed by atoms with van der Waals surface area (Å²) in [6.45, 7) is 1.55. The van der Waals surface area contributed by atoms with Gasteiger partial charge in [-0.2, -0.15) is 0 Å². The molecular formula is C23H19O8S-. The molecule has 0 bridgehead atoms. The van der Waals surface area contributed by atoms with Gasteiger partial charge >= 0.3 is 11.9 Å². The highest BCUT2D eigenvalue weighted by molar-refractivity contribution is 7.78. The molecule has 0 fully saturated rings. The molecule has 0 radical (unpaired) electrons. The van der Waals surface area contributed by atoms with Gasteiger partial charge in [0.25, 0.3) is 0 Å². The number of hydrogen-bond donors (Lipinski definition) is 2. The van der Waals surface area contributed by atoms with Gasteiger partial charge in [-0.15, -0.1) is 0 Å². The molecule has 166 valence electrons. The van der Waals surface area contributed by atoms with E-state index >= 15 is 0 Å². The van der Waals surface area contributed by atoms with Crippen LogP contribution in [0.5, 0.6) is 17.2 Å². The van der Waals surface area contributed by atoms with Crippen LogP contribution in [-0.2, 0) is 16.8 Å². The molecule has 32 heavy (non-hydrogen) atoms. The minimum atomic E-state index is -2.36. The van der Waals surface area contributed by atoms with Gasteiger partial charge in [0, 0.05) is 16.9 Å². The molecule has 9 heteroatoms. The first kappa shape index (κ1) is 23.0. The number of carboxylic acids is 2. The Bertz CT molecular complexity index is 1220. The summed E-state index contributed by atoms with van der Waals surface area (Å²) in [6.07, 6.45) is 0. The minimum absolute atomic E-state index is 0.143. The Balaban J connectivity index is 2.25. The zero-order valence-electron chi connectivity index (χ0n) is 17.2. The van der Waals surface area contributed by atoms with E-state index in [2.05, 4.69) is 0 Å². The van der Waals surface area contributed by atoms with E-state index in [1.165, 1.54) is 25.3 Å². The van der Waals surface area contributed by atoms with E-state index in [-0.39, 0.29) is 28.2 Å². The van der Waals surface area contributed by atoms with Crippen molar-refractivity contribution in [3.05, 3.63) is 76.9 Å². The van der Waals surface area contributed by atoms with Crippen LogP contribution in [0.4, 0.5) is 0 Å². The number of benzene rings is 3. The molecule has 2 N–H and O–H groups in total. The van der Waals surface area contributed by atoms with Gasteiger partial charge in [-0.3, -0.25) is 4.21 Å². The number of hydrogen-bond acceptors (Lipinski definition) is 6. The lowest BCUT2D eigenvalue weighted by Gasteiger charge is -2.18. The summed E-state index contributed by atoms with van der Waals surface area (Å²) in [5.74, 6) is -1.80. The first-order valence-corrected chi connectivity index (χ1v) is 10.6. The molecular weight excluding hydrogens is 436 g/mol. The minimum Gasteiger partial charge on any atom is -0.772 e. The highest BCUT2D eigenvalue weighted by atomic mass is 32.2. The van der Waals surface area contributed by atoms with Crippen molar-refractivity contribution in [3.8, 4) is 28.4 Å². The molecule has 0 heterocycles. The molecule has 1 atom stereocenters. The molecule has 0 amide bonds. The fourth-order valence-corrected chi connectivity index (χ4v) is 3.71. The Hall–Kier alpha value is -3.69. The number of carbonyl (C=O) groups is 2. The maximum Gasteiger partial charge on any atom is 0.336 e. The Morgan fingerprint density at radius 1 is 0.906 bits per heavy atom. The number of ether oxygens (including phenoxy) is 2. The molecule has 0 aromatic heterocycles. The van der Waals surface area contributed by atoms with Gasteiger partial charge in [-0.05, 0) is 54.4 Å². The first-order chi connectivity index (χ1) is 15.2. The third-order valence-electron chi connectivity index (χ3n) is 4.73. The third-order valence-corrected chi connectivity index (χ3v) is 5.30. The van der Waals surface area contributed by atoms with Gasteiger partial charge < -0.3 is 24.2 Å². The standard InChI is InChI=1S/C23H20O8S/c1-13-9-16(18(23(26)27)11-15(13)22(24)25)17-10-14(12-32(28)29)7-8-19(17)31-21-6-4-3-5-20(21)30-2/h3-11H,12H2,1-2H3,(H,24,25)(H,26,27)(H,28,29)/p-1. The Kier molecular flexibility index (Phi) is 6.92. The average molecular weight is 455 g/mol. The van der Waals surface area contributed by atoms with E-state index in [0.29, 0.717) is 28.2 Å². The molecule has 0 saturated heterocycles. The summed E-state index contributed by atoms with van der Waals surface area (Å²) < 4.78 is 33.7. The number of para-hydroxylation sites is 2. The molecule has 0 aliphatic carbocycles. The summed E-state index contributed by atoms with van der Waals surface area (Å²) in [5, 5.41) is 19.1. The molecule has 0 saturated carbocycles. The van der Waals surface area contributed by atoms with E-state index in [1.54, 1.807) is 37.3 Å². The van der Waals surface area contributed by atoms with Crippen LogP contribution in [0.1, 0.15) is 31.8 Å². The Morgan fingerprint density at radius 2 is 1.56 bits per heavy atom. The summed E-state index contributed by atoms with van der Waals surface area (Å²) >= 11 is -2.36. The van der Waals surface area contributed by atoms with Gasteiger partial charge in [0.05, 0.1) is 18.2 Å². The molecule has 3 aromatic carbocycles. The van der Waals surface area contributed by atoms with Crippen LogP contribution >= 0.6 is 0 Å². The van der Waals surface area contributed by atoms with Crippen molar-refractivity contribution in [2.75, 3.05) is 7.11 Å². The van der Waals surface area contributed by atoms with E-state index in [0.717, 1.165) is 6.07 Å². The van der Waals surface area contributed by atoms with E-state index in [9.17, 15) is 28.6 Å². The second-order valence-electron chi connectivity index (χ2n) is 6.85. The van der Waals surface area contributed by atoms with Gasteiger partial charge in [0.15, 0.2) is 11.5 Å². The molecule has 8 nitrogen and oxygen atoms in total. The lowest BCUT2D eigenvalue weighted by molar-refractivity contribution is 0.0695. The van der Waals surface area contributed by atoms with Crippen LogP contribution < -0.4 is 9.47 Å². The van der Waals surface area contributed by atoms with Gasteiger partial charge in [0.1, 0.15) is 5.75 Å². The summed E-state index contributed by atoms with van der Waals surface area (Å²) in [6, 6.07) is 14.0. The predicted molar refractivity (Wildman–Crippen MR) is 116 cm³/mol. The van der Waals surface area contributed by atoms with Gasteiger partial charge in [-0.1, -0.05) is 29.3 Å². The Morgan fingerprint density at radius 3 is 2.16 bits per heavy atom. The van der Waals surface area contributed by atoms with Crippen molar-refractivity contribution in [2.45, 2.75) is 12.7 Å². The monoisotopic (exact) mass is 455 g/mol. The maximum absolute atomic E-state index is 12.0. The van der Waals surface area contributed by atoms with Crippen molar-refractivity contribution >= 4 is 23.0 Å². The lowest BCUT2D eigenvalue weighted by Crippen LogP contribution is -2.07. The molecule has 0 aliphatic rings. The quantitative estimate of drug-likeness (QED) is 0.482. The van der Waals surface area contributed by atoms with Crippen LogP contribution in [0, 0.1) is 6.92 Å². The predicted octanol–water partition coefficient (Wildman–Crippen LogP) is 4.24. The number of aryl methyl sites for hydroxylation is 1. The van der Waals surface area contributed by atoms with E-state index in [4.69, 9.17) is 9.47 Å². The molecule has 3 aromatic rings. The normalized spacial score (nSPS) is 11.6. The van der Waals surface area contributed by atoms with Gasteiger partial charge in [-0.25, -0.2) is 9.59 Å². The van der Waals surface area contributed by atoms with Crippen molar-refractivity contribution < 1.29 is 38.0 Å². The van der Waals surface area contributed by atoms with Crippen LogP contribution in [-0.4, -0.2) is 38.0 Å². The largest absolute Gasteiger partial charge is 0.772 e. The summed E-state index contributed by atoms with van der Waals surface area (Å²) in [4.78, 5) is 23.5. The van der Waals surface area contributed by atoms with Crippen molar-refractivity contribution in [1.29, 1.82) is 0 Å². The van der Waals surface area contributed by atoms with Crippen LogP contribution in [0.3, 0.4) is 0 Å². The fourth-order valence-electron chi connectivity index (χ4n) is 3.26. The van der Waals surface area contributed by atoms with Crippen LogP contribution in [0.2, 0.25) is 0 Å². The topological polar surface area (TPSA) is 133 Å². The maximum atomic E-state index is 12.0. The van der Waals surface area contributed by atoms with Crippen LogP contribution in [0.15, 0.2) is 54.6 Å². The zero-order valence-corrected chi connectivity index (χ0v) is 18.0. The second-order valence-corrected chi connectivity index (χ2v) is 7.75. The first-order valence-electron chi connectivity index (χ1n) is 9.32. The molecule has 0 spiro atoms. The third kappa shape index (κ3) is 4.96. The van der Waals surface area contributed by atoms with Crippen molar-refractivity contribution in [3.63, 3.8) is 0 Å². The number of rotatable bonds is 8. The number of aromatic carboxylic acids is 2. The lowest BCUT2D eigenvalue weighted by atomic mass is 9.92. The molecule has 1 unspecified atom stereocenters. The average Bonchev–Trinajstić information content (AvgIpc) is 2.74. The number of carboxylic acid groups (broad SMARTS) is 2. The number of methoxy groups -OCH3 is 1. The van der Waals surface area contributed by atoms with E-state index in [1.807, 2.05) is 0 Å².